The Morgan fingerprint density at radius 3 is 2.52 bits per heavy atom. The second-order valence-electron chi connectivity index (χ2n) is 6.26. The van der Waals surface area contributed by atoms with Gasteiger partial charge in [0.15, 0.2) is 0 Å². The van der Waals surface area contributed by atoms with Crippen LogP contribution in [0.25, 0.3) is 6.08 Å². The summed E-state index contributed by atoms with van der Waals surface area (Å²) in [6, 6.07) is 2.87. The molecule has 25 heavy (non-hydrogen) atoms. The average molecular weight is 367 g/mol. The highest BCUT2D eigenvalue weighted by atomic mass is 32.2. The summed E-state index contributed by atoms with van der Waals surface area (Å²) < 4.78 is 34.3. The van der Waals surface area contributed by atoms with E-state index in [1.165, 1.54) is 25.3 Å². The third kappa shape index (κ3) is 4.83. The summed E-state index contributed by atoms with van der Waals surface area (Å²) >= 11 is 0. The number of methoxy groups -OCH3 is 1. The third-order valence-corrected chi connectivity index (χ3v) is 5.50. The molecule has 0 saturated carbocycles. The maximum absolute atomic E-state index is 12.3. The lowest BCUT2D eigenvalue weighted by molar-refractivity contribution is 0.0493. The Hall–Kier alpha value is -1.86. The number of sulfone groups is 1. The van der Waals surface area contributed by atoms with E-state index in [9.17, 15) is 13.2 Å². The molecule has 138 valence electrons. The lowest BCUT2D eigenvalue weighted by Gasteiger charge is -2.12. The van der Waals surface area contributed by atoms with Gasteiger partial charge >= 0.3 is 5.97 Å². The number of esters is 1. The van der Waals surface area contributed by atoms with Gasteiger partial charge in [-0.1, -0.05) is 12.8 Å². The second-order valence-corrected chi connectivity index (χ2v) is 8.06. The SMILES string of the molecule is COc1c(C(=O)OCCCCCCN(C)C)ccc2c1C=CS2(=O)=O. The molecule has 1 aliphatic heterocycles. The van der Waals surface area contributed by atoms with Crippen molar-refractivity contribution in [3.8, 4) is 5.75 Å². The van der Waals surface area contributed by atoms with Crippen LogP contribution in [0, 0.1) is 0 Å². The van der Waals surface area contributed by atoms with Crippen LogP contribution >= 0.6 is 0 Å². The van der Waals surface area contributed by atoms with Crippen molar-refractivity contribution in [1.29, 1.82) is 0 Å². The van der Waals surface area contributed by atoms with Gasteiger partial charge in [0.1, 0.15) is 11.3 Å². The largest absolute Gasteiger partial charge is 0.495 e. The smallest absolute Gasteiger partial charge is 0.341 e. The van der Waals surface area contributed by atoms with Crippen molar-refractivity contribution < 1.29 is 22.7 Å². The van der Waals surface area contributed by atoms with E-state index in [1.54, 1.807) is 0 Å². The molecule has 0 aliphatic carbocycles. The highest BCUT2D eigenvalue weighted by Crippen LogP contribution is 2.36. The topological polar surface area (TPSA) is 72.9 Å². The lowest BCUT2D eigenvalue weighted by Crippen LogP contribution is -2.13. The van der Waals surface area contributed by atoms with Crippen LogP contribution in [0.1, 0.15) is 41.6 Å². The van der Waals surface area contributed by atoms with Gasteiger partial charge in [0.05, 0.1) is 18.6 Å². The molecular weight excluding hydrogens is 342 g/mol. The predicted molar refractivity (Wildman–Crippen MR) is 96.5 cm³/mol. The van der Waals surface area contributed by atoms with E-state index in [0.29, 0.717) is 12.2 Å². The van der Waals surface area contributed by atoms with Gasteiger partial charge in [-0.15, -0.1) is 0 Å². The summed E-state index contributed by atoms with van der Waals surface area (Å²) in [5.74, 6) is -0.253. The molecule has 0 spiro atoms. The van der Waals surface area contributed by atoms with Gasteiger partial charge in [-0.3, -0.25) is 0 Å². The molecule has 0 N–H and O–H groups in total. The zero-order valence-corrected chi connectivity index (χ0v) is 15.8. The van der Waals surface area contributed by atoms with Crippen LogP contribution < -0.4 is 4.74 Å². The van der Waals surface area contributed by atoms with E-state index in [1.807, 2.05) is 14.1 Å². The van der Waals surface area contributed by atoms with E-state index in [0.717, 1.165) is 37.6 Å². The molecule has 0 amide bonds. The Bertz CT molecular complexity index is 753. The number of nitrogens with zero attached hydrogens (tertiary/aromatic N) is 1. The van der Waals surface area contributed by atoms with Crippen molar-refractivity contribution in [2.75, 3.05) is 34.4 Å². The minimum atomic E-state index is -3.43. The lowest BCUT2D eigenvalue weighted by atomic mass is 10.1. The molecule has 0 aromatic heterocycles. The maximum Gasteiger partial charge on any atom is 0.341 e. The standard InChI is InChI=1S/C18H25NO5S/c1-19(2)11-6-4-5-7-12-24-18(20)15-8-9-16-14(17(15)23-3)10-13-25(16,21)22/h8-10,13H,4-7,11-12H2,1-3H3. The molecule has 0 fully saturated rings. The quantitative estimate of drug-likeness (QED) is 0.494. The summed E-state index contributed by atoms with van der Waals surface area (Å²) in [5.41, 5.74) is 0.649. The van der Waals surface area contributed by atoms with Gasteiger partial charge in [0, 0.05) is 11.0 Å². The van der Waals surface area contributed by atoms with Crippen LogP contribution in [-0.4, -0.2) is 53.6 Å². The maximum atomic E-state index is 12.3. The van der Waals surface area contributed by atoms with Gasteiger partial charge in [-0.25, -0.2) is 13.2 Å². The molecule has 1 heterocycles. The van der Waals surface area contributed by atoms with E-state index in [-0.39, 0.29) is 16.2 Å². The molecule has 0 saturated heterocycles. The molecule has 6 nitrogen and oxygen atoms in total. The zero-order chi connectivity index (χ0) is 18.4. The molecule has 1 aromatic carbocycles. The van der Waals surface area contributed by atoms with Gasteiger partial charge in [-0.05, 0) is 51.7 Å². The highest BCUT2D eigenvalue weighted by Gasteiger charge is 2.27. The molecule has 1 aliphatic rings. The van der Waals surface area contributed by atoms with Gasteiger partial charge in [-0.2, -0.15) is 0 Å². The number of hydrogen-bond donors (Lipinski definition) is 0. The van der Waals surface area contributed by atoms with Gasteiger partial charge in [0.25, 0.3) is 0 Å². The summed E-state index contributed by atoms with van der Waals surface area (Å²) in [7, 11) is 2.08. The van der Waals surface area contributed by atoms with Crippen LogP contribution in [0.2, 0.25) is 0 Å². The van der Waals surface area contributed by atoms with Crippen LogP contribution in [-0.2, 0) is 14.6 Å². The average Bonchev–Trinajstić information content (AvgIpc) is 2.88. The Morgan fingerprint density at radius 1 is 1.12 bits per heavy atom. The van der Waals surface area contributed by atoms with Crippen LogP contribution in [0.15, 0.2) is 22.4 Å². The fraction of sp³-hybridized carbons (Fsp3) is 0.500. The number of rotatable bonds is 9. The molecule has 2 rings (SSSR count). The Labute approximate surface area is 149 Å². The van der Waals surface area contributed by atoms with E-state index in [4.69, 9.17) is 9.47 Å². The van der Waals surface area contributed by atoms with Crippen molar-refractivity contribution in [3.05, 3.63) is 28.7 Å². The Kier molecular flexibility index (Phi) is 6.61. The summed E-state index contributed by atoms with van der Waals surface area (Å²) in [4.78, 5) is 14.6. The Morgan fingerprint density at radius 2 is 1.84 bits per heavy atom. The molecule has 0 unspecified atom stereocenters. The number of benzene rings is 1. The summed E-state index contributed by atoms with van der Waals surface area (Å²) in [6.07, 6.45) is 5.48. The van der Waals surface area contributed by atoms with Crippen molar-refractivity contribution in [1.82, 2.24) is 4.90 Å². The number of hydrogen-bond acceptors (Lipinski definition) is 6. The molecule has 0 radical (unpaired) electrons. The minimum absolute atomic E-state index is 0.154. The number of carbonyl (C=O) groups excluding carboxylic acids is 1. The molecule has 0 bridgehead atoms. The summed E-state index contributed by atoms with van der Waals surface area (Å²) in [5, 5.41) is 1.11. The highest BCUT2D eigenvalue weighted by molar-refractivity contribution is 7.94. The van der Waals surface area contributed by atoms with E-state index < -0.39 is 15.8 Å². The van der Waals surface area contributed by atoms with Crippen LogP contribution in [0.3, 0.4) is 0 Å². The number of unbranched alkanes of at least 4 members (excludes halogenated alkanes) is 3. The van der Waals surface area contributed by atoms with E-state index >= 15 is 0 Å². The fourth-order valence-corrected chi connectivity index (χ4v) is 3.91. The van der Waals surface area contributed by atoms with Gasteiger partial charge in [0.2, 0.25) is 9.84 Å². The first-order valence-electron chi connectivity index (χ1n) is 8.33. The first-order chi connectivity index (χ1) is 11.9. The Balaban J connectivity index is 1.92. The number of fused-ring (bicyclic) bond motifs is 1. The van der Waals surface area contributed by atoms with Crippen LogP contribution in [0.4, 0.5) is 0 Å². The number of ether oxygens (including phenoxy) is 2. The first-order valence-corrected chi connectivity index (χ1v) is 9.87. The zero-order valence-electron chi connectivity index (χ0n) is 14.9. The van der Waals surface area contributed by atoms with Gasteiger partial charge < -0.3 is 14.4 Å². The number of carbonyl (C=O) groups is 1. The van der Waals surface area contributed by atoms with Crippen molar-refractivity contribution in [2.24, 2.45) is 0 Å². The third-order valence-electron chi connectivity index (χ3n) is 4.03. The first kappa shape index (κ1) is 19.5. The normalized spacial score (nSPS) is 14.6. The molecular formula is C18H25NO5S. The molecule has 0 atom stereocenters. The van der Waals surface area contributed by atoms with E-state index in [2.05, 4.69) is 4.90 Å². The van der Waals surface area contributed by atoms with Crippen molar-refractivity contribution in [3.63, 3.8) is 0 Å². The monoisotopic (exact) mass is 367 g/mol. The molecule has 1 aromatic rings. The fourth-order valence-electron chi connectivity index (χ4n) is 2.73. The minimum Gasteiger partial charge on any atom is -0.495 e. The summed E-state index contributed by atoms with van der Waals surface area (Å²) in [6.45, 7) is 1.40. The molecule has 7 heteroatoms. The predicted octanol–water partition coefficient (Wildman–Crippen LogP) is 2.73. The second kappa shape index (κ2) is 8.49. The van der Waals surface area contributed by atoms with Crippen LogP contribution in [0.5, 0.6) is 5.75 Å². The van der Waals surface area contributed by atoms with Crippen molar-refractivity contribution >= 4 is 21.9 Å². The van der Waals surface area contributed by atoms with Crippen molar-refractivity contribution in [2.45, 2.75) is 30.6 Å².